The zero-order valence-electron chi connectivity index (χ0n) is 18.9. The Bertz CT molecular complexity index is 1460. The van der Waals surface area contributed by atoms with E-state index in [1.54, 1.807) is 12.4 Å². The molecule has 35 heavy (non-hydrogen) atoms. The van der Waals surface area contributed by atoms with Gasteiger partial charge < -0.3 is 0 Å². The third kappa shape index (κ3) is 4.19. The van der Waals surface area contributed by atoms with Crippen molar-refractivity contribution < 1.29 is 8.78 Å². The molecule has 0 bridgehead atoms. The lowest BCUT2D eigenvalue weighted by Crippen LogP contribution is -2.34. The van der Waals surface area contributed by atoms with Gasteiger partial charge in [-0.3, -0.25) is 20.1 Å². The molecule has 1 fully saturated rings. The molecule has 5 aromatic rings. The van der Waals surface area contributed by atoms with Crippen LogP contribution in [-0.2, 0) is 6.54 Å². The van der Waals surface area contributed by atoms with Crippen LogP contribution in [0.3, 0.4) is 0 Å². The molecule has 1 saturated heterocycles. The maximum absolute atomic E-state index is 14.1. The summed E-state index contributed by atoms with van der Waals surface area (Å²) in [7, 11) is 0. The Morgan fingerprint density at radius 1 is 0.943 bits per heavy atom. The molecular formula is C26H23F2N7. The van der Waals surface area contributed by atoms with Crippen molar-refractivity contribution in [2.45, 2.75) is 25.3 Å². The van der Waals surface area contributed by atoms with Gasteiger partial charge in [-0.15, -0.1) is 0 Å². The van der Waals surface area contributed by atoms with Crippen LogP contribution in [0.4, 0.5) is 8.78 Å². The topological polar surface area (TPSA) is 86.4 Å². The van der Waals surface area contributed by atoms with Crippen molar-refractivity contribution in [2.75, 3.05) is 13.1 Å². The van der Waals surface area contributed by atoms with Gasteiger partial charge in [0.15, 0.2) is 5.82 Å². The number of fused-ring (bicyclic) bond motifs is 1. The lowest BCUT2D eigenvalue weighted by Gasteiger charge is -2.31. The fourth-order valence-corrected chi connectivity index (χ4v) is 4.80. The molecule has 0 aliphatic carbocycles. The van der Waals surface area contributed by atoms with Crippen molar-refractivity contribution in [1.82, 2.24) is 35.3 Å². The Hall–Kier alpha value is -3.98. The molecule has 0 amide bonds. The van der Waals surface area contributed by atoms with Gasteiger partial charge in [0.25, 0.3) is 0 Å². The van der Waals surface area contributed by atoms with E-state index in [2.05, 4.69) is 30.3 Å². The number of aromatic amines is 2. The molecule has 1 aliphatic rings. The van der Waals surface area contributed by atoms with E-state index in [4.69, 9.17) is 4.98 Å². The number of likely N-dealkylation sites (tertiary alicyclic amines) is 1. The molecule has 1 atom stereocenters. The summed E-state index contributed by atoms with van der Waals surface area (Å²) in [5.41, 5.74) is 3.76. The Labute approximate surface area is 200 Å². The first-order valence-electron chi connectivity index (χ1n) is 11.6. The number of hydrogen-bond donors (Lipinski definition) is 2. The first-order chi connectivity index (χ1) is 17.2. The van der Waals surface area contributed by atoms with Crippen LogP contribution in [0.1, 0.15) is 30.1 Å². The summed E-state index contributed by atoms with van der Waals surface area (Å²) in [5.74, 6) is 0.510. The molecule has 0 saturated carbocycles. The normalized spacial score (nSPS) is 16.7. The van der Waals surface area contributed by atoms with Crippen molar-refractivity contribution in [3.63, 3.8) is 0 Å². The van der Waals surface area contributed by atoms with Gasteiger partial charge >= 0.3 is 0 Å². The number of benzene rings is 2. The summed E-state index contributed by atoms with van der Waals surface area (Å²) in [5, 5.41) is 16.1. The number of pyridine rings is 1. The Balaban J connectivity index is 1.23. The fourth-order valence-electron chi connectivity index (χ4n) is 4.80. The summed E-state index contributed by atoms with van der Waals surface area (Å²) in [4.78, 5) is 11.0. The quantitative estimate of drug-likeness (QED) is 0.374. The molecule has 0 radical (unpaired) electrons. The number of aromatic nitrogens is 6. The van der Waals surface area contributed by atoms with Crippen LogP contribution in [0.5, 0.6) is 0 Å². The van der Waals surface area contributed by atoms with Gasteiger partial charge in [0.1, 0.15) is 23.2 Å². The predicted molar refractivity (Wildman–Crippen MR) is 128 cm³/mol. The van der Waals surface area contributed by atoms with Crippen molar-refractivity contribution in [3.05, 3.63) is 83.9 Å². The van der Waals surface area contributed by atoms with Crippen molar-refractivity contribution in [3.8, 4) is 22.6 Å². The Morgan fingerprint density at radius 2 is 1.77 bits per heavy atom. The zero-order chi connectivity index (χ0) is 23.8. The van der Waals surface area contributed by atoms with E-state index in [-0.39, 0.29) is 18.0 Å². The van der Waals surface area contributed by atoms with Gasteiger partial charge in [-0.05, 0) is 61.9 Å². The summed E-state index contributed by atoms with van der Waals surface area (Å²) < 4.78 is 28.3. The van der Waals surface area contributed by atoms with E-state index in [1.165, 1.54) is 18.2 Å². The second kappa shape index (κ2) is 8.99. The molecule has 3 aromatic heterocycles. The number of nitrogens with one attached hydrogen (secondary N) is 2. The number of nitrogens with zero attached hydrogens (tertiary/aromatic N) is 5. The van der Waals surface area contributed by atoms with Gasteiger partial charge in [0.2, 0.25) is 0 Å². The van der Waals surface area contributed by atoms with Gasteiger partial charge in [0, 0.05) is 53.5 Å². The van der Waals surface area contributed by atoms with Crippen LogP contribution >= 0.6 is 0 Å². The van der Waals surface area contributed by atoms with Crippen LogP contribution in [0.2, 0.25) is 0 Å². The molecule has 1 unspecified atom stereocenters. The molecule has 7 nitrogen and oxygen atoms in total. The van der Waals surface area contributed by atoms with Gasteiger partial charge in [-0.2, -0.15) is 10.2 Å². The second-order valence-corrected chi connectivity index (χ2v) is 8.89. The van der Waals surface area contributed by atoms with Crippen molar-refractivity contribution >= 4 is 10.9 Å². The highest BCUT2D eigenvalue weighted by Crippen LogP contribution is 2.31. The third-order valence-electron chi connectivity index (χ3n) is 6.61. The first-order valence-corrected chi connectivity index (χ1v) is 11.6. The largest absolute Gasteiger partial charge is 0.298 e. The molecule has 2 N–H and O–H groups in total. The zero-order valence-corrected chi connectivity index (χ0v) is 18.9. The van der Waals surface area contributed by atoms with Crippen molar-refractivity contribution in [2.24, 2.45) is 0 Å². The fraction of sp³-hybridized carbons (Fsp3) is 0.231. The van der Waals surface area contributed by atoms with Crippen LogP contribution in [0, 0.1) is 11.6 Å². The van der Waals surface area contributed by atoms with E-state index in [0.29, 0.717) is 12.4 Å². The molecular weight excluding hydrogens is 448 g/mol. The lowest BCUT2D eigenvalue weighted by atomic mass is 9.97. The van der Waals surface area contributed by atoms with Gasteiger partial charge in [0.05, 0.1) is 5.52 Å². The molecule has 176 valence electrons. The molecule has 4 heterocycles. The maximum atomic E-state index is 14.1. The SMILES string of the molecule is Fc1cccc(F)c1CN1CCCC(c2nc(-c3ccc4[nH]nc(-c5ccncc5)c4c3)n[nH]2)C1. The number of piperidine rings is 1. The average molecular weight is 472 g/mol. The highest BCUT2D eigenvalue weighted by Gasteiger charge is 2.26. The highest BCUT2D eigenvalue weighted by atomic mass is 19.1. The number of H-pyrrole nitrogens is 2. The predicted octanol–water partition coefficient (Wildman–Crippen LogP) is 5.07. The van der Waals surface area contributed by atoms with Gasteiger partial charge in [-0.25, -0.2) is 13.8 Å². The smallest absolute Gasteiger partial charge is 0.181 e. The molecule has 6 rings (SSSR count). The third-order valence-corrected chi connectivity index (χ3v) is 6.61. The van der Waals surface area contributed by atoms with Crippen LogP contribution in [-0.4, -0.2) is 48.4 Å². The van der Waals surface area contributed by atoms with E-state index in [9.17, 15) is 8.78 Å². The van der Waals surface area contributed by atoms with E-state index in [1.807, 2.05) is 30.3 Å². The summed E-state index contributed by atoms with van der Waals surface area (Å²) in [6.07, 6.45) is 5.36. The average Bonchev–Trinajstić information content (AvgIpc) is 3.54. The first kappa shape index (κ1) is 21.5. The lowest BCUT2D eigenvalue weighted by molar-refractivity contribution is 0.192. The molecule has 2 aromatic carbocycles. The Kier molecular flexibility index (Phi) is 5.54. The van der Waals surface area contributed by atoms with E-state index >= 15 is 0 Å². The minimum atomic E-state index is -0.505. The number of rotatable bonds is 5. The maximum Gasteiger partial charge on any atom is 0.181 e. The van der Waals surface area contributed by atoms with Crippen molar-refractivity contribution in [1.29, 1.82) is 0 Å². The summed E-state index contributed by atoms with van der Waals surface area (Å²) in [6.45, 7) is 1.69. The highest BCUT2D eigenvalue weighted by molar-refractivity contribution is 5.95. The number of hydrogen-bond acceptors (Lipinski definition) is 5. The standard InChI is InChI=1S/C26H23F2N7/c27-21-4-1-5-22(28)20(21)15-35-12-2-3-18(14-35)26-30-25(33-34-26)17-6-7-23-19(13-17)24(32-31-23)16-8-10-29-11-9-16/h1,4-11,13,18H,2-3,12,14-15H2,(H,31,32)(H,30,33,34). The van der Waals surface area contributed by atoms with Crippen LogP contribution in [0.25, 0.3) is 33.5 Å². The van der Waals surface area contributed by atoms with E-state index < -0.39 is 11.6 Å². The minimum Gasteiger partial charge on any atom is -0.298 e. The second-order valence-electron chi connectivity index (χ2n) is 8.89. The molecule has 1 aliphatic heterocycles. The van der Waals surface area contributed by atoms with Crippen LogP contribution < -0.4 is 0 Å². The van der Waals surface area contributed by atoms with Crippen LogP contribution in [0.15, 0.2) is 60.9 Å². The van der Waals surface area contributed by atoms with Gasteiger partial charge in [-0.1, -0.05) is 6.07 Å². The molecule has 0 spiro atoms. The van der Waals surface area contributed by atoms with E-state index in [0.717, 1.165) is 52.9 Å². The number of halogens is 2. The summed E-state index contributed by atoms with van der Waals surface area (Å²) in [6, 6.07) is 13.8. The monoisotopic (exact) mass is 471 g/mol. The molecule has 9 heteroatoms. The summed E-state index contributed by atoms with van der Waals surface area (Å²) >= 11 is 0. The Morgan fingerprint density at radius 3 is 2.60 bits per heavy atom. The minimum absolute atomic E-state index is 0.116.